The van der Waals surface area contributed by atoms with Crippen molar-refractivity contribution in [1.29, 1.82) is 0 Å². The van der Waals surface area contributed by atoms with E-state index in [0.29, 0.717) is 12.2 Å². The minimum absolute atomic E-state index is 0.0623. The van der Waals surface area contributed by atoms with E-state index in [1.165, 1.54) is 6.20 Å². The number of nitrogens with one attached hydrogen (secondary N) is 2. The van der Waals surface area contributed by atoms with Gasteiger partial charge in [0.1, 0.15) is 12.5 Å². The fourth-order valence-corrected chi connectivity index (χ4v) is 1.35. The van der Waals surface area contributed by atoms with Gasteiger partial charge in [0, 0.05) is 18.0 Å². The minimum Gasteiger partial charge on any atom is -0.350 e. The summed E-state index contributed by atoms with van der Waals surface area (Å²) in [7, 11) is 0. The predicted molar refractivity (Wildman–Crippen MR) is 64.0 cm³/mol. The van der Waals surface area contributed by atoms with E-state index in [-0.39, 0.29) is 12.0 Å². The first kappa shape index (κ1) is 11.5. The molecule has 2 rings (SSSR count). The largest absolute Gasteiger partial charge is 0.350 e. The van der Waals surface area contributed by atoms with Gasteiger partial charge in [0.15, 0.2) is 0 Å². The number of aliphatic imine (C=N–C) groups is 1. The second kappa shape index (κ2) is 4.92. The number of rotatable bonds is 3. The van der Waals surface area contributed by atoms with E-state index in [2.05, 4.69) is 20.8 Å². The monoisotopic (exact) mass is 234 g/mol. The number of pyridine rings is 1. The van der Waals surface area contributed by atoms with Gasteiger partial charge in [-0.05, 0) is 19.9 Å². The fraction of sp³-hybridized carbons (Fsp3) is 0.364. The Bertz CT molecular complexity index is 457. The van der Waals surface area contributed by atoms with Gasteiger partial charge in [0.25, 0.3) is 5.91 Å². The van der Waals surface area contributed by atoms with E-state index in [0.717, 1.165) is 11.4 Å². The van der Waals surface area contributed by atoms with Crippen LogP contribution < -0.4 is 10.8 Å². The van der Waals surface area contributed by atoms with Crippen molar-refractivity contribution >= 4 is 17.9 Å². The van der Waals surface area contributed by atoms with Crippen LogP contribution >= 0.6 is 0 Å². The molecule has 2 N–H and O–H groups in total. The molecule has 0 spiro atoms. The Kier molecular flexibility index (Phi) is 3.34. The second-order valence-electron chi connectivity index (χ2n) is 3.91. The zero-order valence-corrected chi connectivity index (χ0v) is 9.73. The third-order valence-electron chi connectivity index (χ3n) is 2.13. The first-order valence-corrected chi connectivity index (χ1v) is 5.36. The number of carbonyl (C=O) groups is 1. The predicted octanol–water partition coefficient (Wildman–Crippen LogP) is 0.953. The molecule has 6 heteroatoms. The number of anilines is 1. The molecule has 0 saturated carbocycles. The SMILES string of the molecule is CC(C)ONC(=O)c1cnc2c(c1)C=NCN2. The van der Waals surface area contributed by atoms with Crippen molar-refractivity contribution < 1.29 is 9.63 Å². The number of hydrogen-bond donors (Lipinski definition) is 2. The molecule has 0 atom stereocenters. The molecule has 0 fully saturated rings. The molecule has 90 valence electrons. The lowest BCUT2D eigenvalue weighted by Crippen LogP contribution is -2.27. The molecule has 6 nitrogen and oxygen atoms in total. The van der Waals surface area contributed by atoms with E-state index in [1.54, 1.807) is 12.3 Å². The summed E-state index contributed by atoms with van der Waals surface area (Å²) in [5, 5.41) is 3.01. The highest BCUT2D eigenvalue weighted by Crippen LogP contribution is 2.14. The van der Waals surface area contributed by atoms with Gasteiger partial charge in [-0.25, -0.2) is 10.5 Å². The lowest BCUT2D eigenvalue weighted by molar-refractivity contribution is 0.000167. The van der Waals surface area contributed by atoms with Crippen molar-refractivity contribution in [1.82, 2.24) is 10.5 Å². The number of nitrogens with zero attached hydrogens (tertiary/aromatic N) is 2. The van der Waals surface area contributed by atoms with Crippen LogP contribution in [0, 0.1) is 0 Å². The van der Waals surface area contributed by atoms with Crippen molar-refractivity contribution in [3.63, 3.8) is 0 Å². The molecule has 2 heterocycles. The molecular weight excluding hydrogens is 220 g/mol. The lowest BCUT2D eigenvalue weighted by Gasteiger charge is -2.12. The number of amides is 1. The molecule has 0 bridgehead atoms. The van der Waals surface area contributed by atoms with Gasteiger partial charge < -0.3 is 5.32 Å². The first-order chi connectivity index (χ1) is 8.16. The molecule has 0 aromatic carbocycles. The third-order valence-corrected chi connectivity index (χ3v) is 2.13. The smallest absolute Gasteiger partial charge is 0.276 e. The normalized spacial score (nSPS) is 13.1. The van der Waals surface area contributed by atoms with Gasteiger partial charge >= 0.3 is 0 Å². The average molecular weight is 234 g/mol. The highest BCUT2D eigenvalue weighted by atomic mass is 16.7. The Morgan fingerprint density at radius 3 is 3.18 bits per heavy atom. The summed E-state index contributed by atoms with van der Waals surface area (Å²) in [6.07, 6.45) is 3.14. The molecule has 1 amide bonds. The topological polar surface area (TPSA) is 75.6 Å². The van der Waals surface area contributed by atoms with E-state index in [4.69, 9.17) is 4.84 Å². The van der Waals surface area contributed by atoms with Crippen molar-refractivity contribution in [2.75, 3.05) is 12.0 Å². The number of fused-ring (bicyclic) bond motifs is 1. The summed E-state index contributed by atoms with van der Waals surface area (Å²) in [6, 6.07) is 1.72. The Hall–Kier alpha value is -1.95. The Morgan fingerprint density at radius 1 is 1.59 bits per heavy atom. The number of aromatic nitrogens is 1. The fourth-order valence-electron chi connectivity index (χ4n) is 1.35. The van der Waals surface area contributed by atoms with Crippen LogP contribution in [0.1, 0.15) is 29.8 Å². The Labute approximate surface area is 99.1 Å². The summed E-state index contributed by atoms with van der Waals surface area (Å²) in [6.45, 7) is 4.19. The van der Waals surface area contributed by atoms with Gasteiger partial charge in [-0.2, -0.15) is 0 Å². The molecule has 1 aromatic rings. The molecule has 17 heavy (non-hydrogen) atoms. The van der Waals surface area contributed by atoms with Gasteiger partial charge in [0.2, 0.25) is 0 Å². The summed E-state index contributed by atoms with van der Waals surface area (Å²) in [5.41, 5.74) is 3.60. The number of carbonyl (C=O) groups excluding carboxylic acids is 1. The molecule has 1 aliphatic rings. The zero-order chi connectivity index (χ0) is 12.3. The molecule has 0 aliphatic carbocycles. The summed E-state index contributed by atoms with van der Waals surface area (Å²) in [5.74, 6) is 0.425. The Morgan fingerprint density at radius 2 is 2.41 bits per heavy atom. The van der Waals surface area contributed by atoms with Gasteiger partial charge in [-0.1, -0.05) is 0 Å². The van der Waals surface area contributed by atoms with Crippen molar-refractivity contribution in [2.45, 2.75) is 20.0 Å². The number of hydroxylamine groups is 1. The molecule has 0 saturated heterocycles. The van der Waals surface area contributed by atoms with Crippen LogP contribution in [0.5, 0.6) is 0 Å². The maximum Gasteiger partial charge on any atom is 0.276 e. The molecule has 0 radical (unpaired) electrons. The molecule has 1 aromatic heterocycles. The first-order valence-electron chi connectivity index (χ1n) is 5.36. The molecule has 1 aliphatic heterocycles. The van der Waals surface area contributed by atoms with Crippen molar-refractivity contribution in [3.8, 4) is 0 Å². The van der Waals surface area contributed by atoms with Crippen molar-refractivity contribution in [2.24, 2.45) is 4.99 Å². The van der Waals surface area contributed by atoms with Gasteiger partial charge in [-0.15, -0.1) is 0 Å². The summed E-state index contributed by atoms with van der Waals surface area (Å²) < 4.78 is 0. The summed E-state index contributed by atoms with van der Waals surface area (Å²) >= 11 is 0. The van der Waals surface area contributed by atoms with Crippen molar-refractivity contribution in [3.05, 3.63) is 23.4 Å². The standard InChI is InChI=1S/C11H14N4O2/c1-7(2)17-15-11(16)9-3-8-4-12-6-14-10(8)13-5-9/h3-5,7H,6H2,1-2H3,(H,13,14)(H,15,16). The maximum atomic E-state index is 11.7. The maximum absolute atomic E-state index is 11.7. The minimum atomic E-state index is -0.312. The van der Waals surface area contributed by atoms with Crippen LogP contribution in [0.3, 0.4) is 0 Å². The van der Waals surface area contributed by atoms with E-state index in [1.807, 2.05) is 13.8 Å². The molecule has 0 unspecified atom stereocenters. The van der Waals surface area contributed by atoms with Crippen LogP contribution in [0.15, 0.2) is 17.3 Å². The van der Waals surface area contributed by atoms with Crippen LogP contribution in [0.2, 0.25) is 0 Å². The van der Waals surface area contributed by atoms with E-state index < -0.39 is 0 Å². The zero-order valence-electron chi connectivity index (χ0n) is 9.73. The Balaban J connectivity index is 2.12. The second-order valence-corrected chi connectivity index (χ2v) is 3.91. The average Bonchev–Trinajstić information content (AvgIpc) is 2.35. The molecular formula is C11H14N4O2. The van der Waals surface area contributed by atoms with Crippen LogP contribution in [0.25, 0.3) is 0 Å². The summed E-state index contributed by atoms with van der Waals surface area (Å²) in [4.78, 5) is 24.9. The van der Waals surface area contributed by atoms with Crippen LogP contribution in [0.4, 0.5) is 5.82 Å². The van der Waals surface area contributed by atoms with Gasteiger partial charge in [0.05, 0.1) is 11.7 Å². The number of hydrogen-bond acceptors (Lipinski definition) is 5. The van der Waals surface area contributed by atoms with E-state index >= 15 is 0 Å². The highest BCUT2D eigenvalue weighted by molar-refractivity contribution is 5.97. The quantitative estimate of drug-likeness (QED) is 0.763. The lowest BCUT2D eigenvalue weighted by atomic mass is 10.2. The van der Waals surface area contributed by atoms with Crippen LogP contribution in [-0.4, -0.2) is 29.9 Å². The highest BCUT2D eigenvalue weighted by Gasteiger charge is 2.12. The van der Waals surface area contributed by atoms with Crippen LogP contribution in [-0.2, 0) is 4.84 Å². The van der Waals surface area contributed by atoms with Gasteiger partial charge in [-0.3, -0.25) is 14.6 Å². The third kappa shape index (κ3) is 2.79. The van der Waals surface area contributed by atoms with E-state index in [9.17, 15) is 4.79 Å².